The summed E-state index contributed by atoms with van der Waals surface area (Å²) in [5, 5.41) is 0. The zero-order valence-corrected chi connectivity index (χ0v) is 16.0. The van der Waals surface area contributed by atoms with Crippen LogP contribution in [0.2, 0.25) is 0 Å². The van der Waals surface area contributed by atoms with Gasteiger partial charge in [-0.1, -0.05) is 19.4 Å². The van der Waals surface area contributed by atoms with Gasteiger partial charge in [0.05, 0.1) is 0 Å². The molecule has 2 N–H and O–H groups in total. The Hall–Kier alpha value is -1.13. The van der Waals surface area contributed by atoms with Gasteiger partial charge in [0.2, 0.25) is 0 Å². The molecule has 2 saturated heterocycles. The monoisotopic (exact) mass is 344 g/mol. The number of nitrogens with zero attached hydrogens (tertiary/aromatic N) is 3. The van der Waals surface area contributed by atoms with E-state index in [-0.39, 0.29) is 0 Å². The molecule has 25 heavy (non-hydrogen) atoms. The SMILES string of the molecule is CCCC1(CCN)CCN(CC2CCN(c3ccccn3)CC2)CC1. The number of piperidine rings is 2. The van der Waals surface area contributed by atoms with Crippen molar-refractivity contribution in [1.82, 2.24) is 9.88 Å². The molecule has 0 unspecified atom stereocenters. The molecule has 1 aromatic heterocycles. The van der Waals surface area contributed by atoms with E-state index in [9.17, 15) is 0 Å². The van der Waals surface area contributed by atoms with E-state index in [1.807, 2.05) is 12.3 Å². The van der Waals surface area contributed by atoms with Crippen molar-refractivity contribution < 1.29 is 0 Å². The maximum Gasteiger partial charge on any atom is 0.128 e. The molecule has 0 atom stereocenters. The lowest BCUT2D eigenvalue weighted by atomic mass is 9.72. The van der Waals surface area contributed by atoms with Gasteiger partial charge in [0.25, 0.3) is 0 Å². The number of hydrogen-bond donors (Lipinski definition) is 1. The van der Waals surface area contributed by atoms with Crippen LogP contribution in [0.5, 0.6) is 0 Å². The van der Waals surface area contributed by atoms with Gasteiger partial charge in [-0.05, 0) is 81.6 Å². The molecule has 3 heterocycles. The van der Waals surface area contributed by atoms with E-state index in [1.165, 1.54) is 64.6 Å². The zero-order valence-electron chi connectivity index (χ0n) is 16.0. The Morgan fingerprint density at radius 1 is 1.12 bits per heavy atom. The second-order valence-corrected chi connectivity index (χ2v) is 8.21. The maximum atomic E-state index is 5.90. The van der Waals surface area contributed by atoms with E-state index >= 15 is 0 Å². The smallest absolute Gasteiger partial charge is 0.128 e. The number of rotatable bonds is 7. The van der Waals surface area contributed by atoms with Crippen molar-refractivity contribution in [3.05, 3.63) is 24.4 Å². The second kappa shape index (κ2) is 9.00. The topological polar surface area (TPSA) is 45.4 Å². The summed E-state index contributed by atoms with van der Waals surface area (Å²) < 4.78 is 0. The molecule has 0 aliphatic carbocycles. The zero-order chi connectivity index (χ0) is 17.5. The van der Waals surface area contributed by atoms with Crippen molar-refractivity contribution >= 4 is 5.82 Å². The van der Waals surface area contributed by atoms with Crippen LogP contribution >= 0.6 is 0 Å². The van der Waals surface area contributed by atoms with Crippen LogP contribution in [-0.2, 0) is 0 Å². The molecule has 4 nitrogen and oxygen atoms in total. The van der Waals surface area contributed by atoms with Crippen molar-refractivity contribution in [1.29, 1.82) is 0 Å². The van der Waals surface area contributed by atoms with Crippen LogP contribution in [0.15, 0.2) is 24.4 Å². The fourth-order valence-corrected chi connectivity index (χ4v) is 4.92. The summed E-state index contributed by atoms with van der Waals surface area (Å²) in [5.41, 5.74) is 6.44. The molecule has 2 aliphatic heterocycles. The Morgan fingerprint density at radius 3 is 2.48 bits per heavy atom. The van der Waals surface area contributed by atoms with Crippen molar-refractivity contribution in [3.8, 4) is 0 Å². The Morgan fingerprint density at radius 2 is 1.88 bits per heavy atom. The van der Waals surface area contributed by atoms with Crippen molar-refractivity contribution in [3.63, 3.8) is 0 Å². The summed E-state index contributed by atoms with van der Waals surface area (Å²) in [5.74, 6) is 2.00. The van der Waals surface area contributed by atoms with E-state index in [1.54, 1.807) is 0 Å². The summed E-state index contributed by atoms with van der Waals surface area (Å²) in [7, 11) is 0. The Labute approximate surface area is 153 Å². The predicted molar refractivity (Wildman–Crippen MR) is 106 cm³/mol. The van der Waals surface area contributed by atoms with Crippen molar-refractivity contribution in [2.24, 2.45) is 17.1 Å². The summed E-state index contributed by atoms with van der Waals surface area (Å²) in [6.07, 6.45) is 11.1. The normalized spacial score (nSPS) is 22.2. The molecule has 0 bridgehead atoms. The molecule has 4 heteroatoms. The fourth-order valence-electron chi connectivity index (χ4n) is 4.92. The first-order valence-corrected chi connectivity index (χ1v) is 10.3. The van der Waals surface area contributed by atoms with E-state index < -0.39 is 0 Å². The molecular weight excluding hydrogens is 308 g/mol. The lowest BCUT2D eigenvalue weighted by molar-refractivity contribution is 0.0747. The van der Waals surface area contributed by atoms with Gasteiger partial charge in [0, 0.05) is 25.8 Å². The number of likely N-dealkylation sites (tertiary alicyclic amines) is 1. The van der Waals surface area contributed by atoms with E-state index in [0.717, 1.165) is 31.4 Å². The fraction of sp³-hybridized carbons (Fsp3) is 0.762. The first-order chi connectivity index (χ1) is 12.2. The number of aromatic nitrogens is 1. The number of pyridine rings is 1. The molecule has 2 fully saturated rings. The predicted octanol–water partition coefficient (Wildman–Crippen LogP) is 3.53. The minimum atomic E-state index is 0.544. The van der Waals surface area contributed by atoms with Gasteiger partial charge in [-0.25, -0.2) is 4.98 Å². The third-order valence-corrected chi connectivity index (χ3v) is 6.48. The molecule has 0 amide bonds. The molecule has 0 aromatic carbocycles. The minimum Gasteiger partial charge on any atom is -0.357 e. The highest BCUT2D eigenvalue weighted by Gasteiger charge is 2.33. The Balaban J connectivity index is 1.43. The van der Waals surface area contributed by atoms with Crippen LogP contribution in [-0.4, -0.2) is 49.2 Å². The molecule has 140 valence electrons. The first-order valence-electron chi connectivity index (χ1n) is 10.3. The third kappa shape index (κ3) is 4.95. The highest BCUT2D eigenvalue weighted by Crippen LogP contribution is 2.39. The maximum absolute atomic E-state index is 5.90. The molecule has 0 radical (unpaired) electrons. The van der Waals surface area contributed by atoms with Gasteiger partial charge in [-0.2, -0.15) is 0 Å². The van der Waals surface area contributed by atoms with Crippen LogP contribution in [0.3, 0.4) is 0 Å². The van der Waals surface area contributed by atoms with Crippen molar-refractivity contribution in [2.45, 2.75) is 51.9 Å². The quantitative estimate of drug-likeness (QED) is 0.822. The molecular formula is C21H36N4. The minimum absolute atomic E-state index is 0.544. The summed E-state index contributed by atoms with van der Waals surface area (Å²) >= 11 is 0. The van der Waals surface area contributed by atoms with E-state index in [4.69, 9.17) is 5.73 Å². The van der Waals surface area contributed by atoms with Gasteiger partial charge in [0.15, 0.2) is 0 Å². The lowest BCUT2D eigenvalue weighted by Crippen LogP contribution is -2.45. The Kier molecular flexibility index (Phi) is 6.71. The summed E-state index contributed by atoms with van der Waals surface area (Å²) in [6.45, 7) is 9.33. The molecule has 3 rings (SSSR count). The molecule has 2 aliphatic rings. The van der Waals surface area contributed by atoms with Crippen LogP contribution < -0.4 is 10.6 Å². The average molecular weight is 345 g/mol. The van der Waals surface area contributed by atoms with E-state index in [2.05, 4.69) is 33.8 Å². The lowest BCUT2D eigenvalue weighted by Gasteiger charge is -2.44. The standard InChI is InChI=1S/C21H36N4/c1-2-8-21(9-12-22)10-16-24(17-11-21)18-19-6-14-25(15-7-19)20-5-3-4-13-23-20/h3-5,13,19H,2,6-12,14-18,22H2,1H3. The van der Waals surface area contributed by atoms with Crippen molar-refractivity contribution in [2.75, 3.05) is 44.2 Å². The van der Waals surface area contributed by atoms with Crippen LogP contribution in [0.4, 0.5) is 5.82 Å². The number of anilines is 1. The van der Waals surface area contributed by atoms with Gasteiger partial charge in [0.1, 0.15) is 5.82 Å². The Bertz CT molecular complexity index is 480. The van der Waals surface area contributed by atoms with Gasteiger partial charge in [-0.15, -0.1) is 0 Å². The van der Waals surface area contributed by atoms with Crippen LogP contribution in [0.25, 0.3) is 0 Å². The third-order valence-electron chi connectivity index (χ3n) is 6.48. The van der Waals surface area contributed by atoms with Gasteiger partial charge >= 0.3 is 0 Å². The van der Waals surface area contributed by atoms with Crippen LogP contribution in [0.1, 0.15) is 51.9 Å². The number of hydrogen-bond acceptors (Lipinski definition) is 4. The molecule has 0 spiro atoms. The van der Waals surface area contributed by atoms with Gasteiger partial charge in [-0.3, -0.25) is 0 Å². The van der Waals surface area contributed by atoms with Gasteiger partial charge < -0.3 is 15.5 Å². The summed E-state index contributed by atoms with van der Waals surface area (Å²) in [4.78, 5) is 9.67. The van der Waals surface area contributed by atoms with Crippen LogP contribution in [0, 0.1) is 11.3 Å². The van der Waals surface area contributed by atoms with E-state index in [0.29, 0.717) is 5.41 Å². The second-order valence-electron chi connectivity index (χ2n) is 8.21. The highest BCUT2D eigenvalue weighted by molar-refractivity contribution is 5.37. The molecule has 0 saturated carbocycles. The highest BCUT2D eigenvalue weighted by atomic mass is 15.2. The largest absolute Gasteiger partial charge is 0.357 e. The molecule has 1 aromatic rings. The number of nitrogens with two attached hydrogens (primary N) is 1. The average Bonchev–Trinajstić information content (AvgIpc) is 2.66. The summed E-state index contributed by atoms with van der Waals surface area (Å²) in [6, 6.07) is 6.22. The first kappa shape index (κ1) is 18.7.